The lowest BCUT2D eigenvalue weighted by atomic mass is 9.98. The molecule has 0 radical (unpaired) electrons. The van der Waals surface area contributed by atoms with Crippen LogP contribution in [0, 0.1) is 0 Å². The van der Waals surface area contributed by atoms with Crippen molar-refractivity contribution < 1.29 is 10.2 Å². The number of phenols is 1. The van der Waals surface area contributed by atoms with Gasteiger partial charge in [-0.05, 0) is 40.6 Å². The molecule has 0 aliphatic heterocycles. The van der Waals surface area contributed by atoms with Crippen LogP contribution in [0.25, 0.3) is 21.7 Å². The van der Waals surface area contributed by atoms with E-state index in [0.29, 0.717) is 0 Å². The lowest BCUT2D eigenvalue weighted by Gasteiger charge is -2.11. The molecule has 0 fully saturated rings. The second-order valence-electron chi connectivity index (χ2n) is 5.48. The third kappa shape index (κ3) is 2.03. The number of hydrogen-bond donors (Lipinski definition) is 3. The van der Waals surface area contributed by atoms with Crippen molar-refractivity contribution in [2.24, 2.45) is 0 Å². The molecule has 1 heterocycles. The van der Waals surface area contributed by atoms with E-state index in [4.69, 9.17) is 0 Å². The summed E-state index contributed by atoms with van der Waals surface area (Å²) in [6.07, 6.45) is 1.17. The molecule has 0 bridgehead atoms. The third-order valence-corrected chi connectivity index (χ3v) is 4.08. The van der Waals surface area contributed by atoms with Gasteiger partial charge in [0.15, 0.2) is 0 Å². The van der Waals surface area contributed by atoms with Crippen molar-refractivity contribution in [2.45, 2.75) is 6.10 Å². The van der Waals surface area contributed by atoms with Crippen molar-refractivity contribution in [1.29, 1.82) is 0 Å². The van der Waals surface area contributed by atoms with Crippen LogP contribution in [0.5, 0.6) is 5.75 Å². The zero-order valence-electron chi connectivity index (χ0n) is 11.8. The predicted octanol–water partition coefficient (Wildman–Crippen LogP) is 4.11. The fraction of sp³-hybridized carbons (Fsp3) is 0.0526. The first-order valence-electron chi connectivity index (χ1n) is 7.19. The second kappa shape index (κ2) is 4.90. The first kappa shape index (κ1) is 12.9. The molecule has 3 aromatic carbocycles. The van der Waals surface area contributed by atoms with Crippen LogP contribution in [0.2, 0.25) is 0 Å². The van der Waals surface area contributed by atoms with E-state index < -0.39 is 6.10 Å². The standard InChI is InChI=1S/C19H15NO2/c21-15-8-7-12-9-14(6-5-13(12)10-15)19(22)17-11-20-18-4-2-1-3-16(17)18/h1-11,19-22H. The molecule has 0 amide bonds. The highest BCUT2D eigenvalue weighted by atomic mass is 16.3. The molecular weight excluding hydrogens is 274 g/mol. The Bertz CT molecular complexity index is 971. The maximum Gasteiger partial charge on any atom is 0.116 e. The second-order valence-corrected chi connectivity index (χ2v) is 5.48. The molecule has 22 heavy (non-hydrogen) atoms. The van der Waals surface area contributed by atoms with E-state index in [9.17, 15) is 10.2 Å². The zero-order chi connectivity index (χ0) is 15.1. The molecule has 0 aliphatic carbocycles. The largest absolute Gasteiger partial charge is 0.508 e. The Morgan fingerprint density at radius 2 is 1.64 bits per heavy atom. The van der Waals surface area contributed by atoms with Gasteiger partial charge < -0.3 is 15.2 Å². The number of aromatic amines is 1. The number of phenolic OH excluding ortho intramolecular Hbond substituents is 1. The van der Waals surface area contributed by atoms with Crippen molar-refractivity contribution in [1.82, 2.24) is 4.98 Å². The predicted molar refractivity (Wildman–Crippen MR) is 88.0 cm³/mol. The highest BCUT2D eigenvalue weighted by Crippen LogP contribution is 2.31. The van der Waals surface area contributed by atoms with E-state index >= 15 is 0 Å². The Morgan fingerprint density at radius 1 is 0.864 bits per heavy atom. The Morgan fingerprint density at radius 3 is 2.55 bits per heavy atom. The number of rotatable bonds is 2. The Labute approximate surface area is 127 Å². The lowest BCUT2D eigenvalue weighted by Crippen LogP contribution is -1.98. The number of para-hydroxylation sites is 1. The highest BCUT2D eigenvalue weighted by Gasteiger charge is 2.15. The fourth-order valence-corrected chi connectivity index (χ4v) is 2.92. The summed E-state index contributed by atoms with van der Waals surface area (Å²) in [5, 5.41) is 23.2. The smallest absolute Gasteiger partial charge is 0.116 e. The van der Waals surface area contributed by atoms with Crippen LogP contribution in [-0.4, -0.2) is 15.2 Å². The van der Waals surface area contributed by atoms with E-state index in [-0.39, 0.29) is 5.75 Å². The quantitative estimate of drug-likeness (QED) is 0.520. The van der Waals surface area contributed by atoms with Gasteiger partial charge in [-0.2, -0.15) is 0 Å². The Kier molecular flexibility index (Phi) is 2.88. The van der Waals surface area contributed by atoms with Gasteiger partial charge in [0.25, 0.3) is 0 Å². The van der Waals surface area contributed by atoms with Crippen LogP contribution in [0.1, 0.15) is 17.2 Å². The summed E-state index contributed by atoms with van der Waals surface area (Å²) in [6.45, 7) is 0. The zero-order valence-corrected chi connectivity index (χ0v) is 11.8. The maximum absolute atomic E-state index is 10.7. The van der Waals surface area contributed by atoms with E-state index in [1.165, 1.54) is 0 Å². The lowest BCUT2D eigenvalue weighted by molar-refractivity contribution is 0.222. The molecule has 3 heteroatoms. The number of aromatic hydroxyl groups is 1. The molecule has 0 saturated heterocycles. The van der Waals surface area contributed by atoms with Gasteiger partial charge in [0.05, 0.1) is 0 Å². The number of hydrogen-bond acceptors (Lipinski definition) is 2. The molecule has 0 saturated carbocycles. The number of benzene rings is 3. The summed E-state index contributed by atoms with van der Waals surface area (Å²) in [6, 6.07) is 18.9. The molecule has 4 aromatic rings. The molecule has 0 aliphatic rings. The van der Waals surface area contributed by atoms with E-state index in [0.717, 1.165) is 32.8 Å². The van der Waals surface area contributed by atoms with Crippen LogP contribution in [0.15, 0.2) is 66.9 Å². The highest BCUT2D eigenvalue weighted by molar-refractivity contribution is 5.86. The van der Waals surface area contributed by atoms with Crippen LogP contribution >= 0.6 is 0 Å². The van der Waals surface area contributed by atoms with Gasteiger partial charge in [-0.3, -0.25) is 0 Å². The van der Waals surface area contributed by atoms with Gasteiger partial charge in [-0.25, -0.2) is 0 Å². The van der Waals surface area contributed by atoms with Crippen LogP contribution in [0.4, 0.5) is 0 Å². The van der Waals surface area contributed by atoms with E-state index in [2.05, 4.69) is 4.98 Å². The van der Waals surface area contributed by atoms with Gasteiger partial charge in [0.1, 0.15) is 11.9 Å². The van der Waals surface area contributed by atoms with E-state index in [1.807, 2.05) is 54.7 Å². The molecule has 108 valence electrons. The Balaban J connectivity index is 1.82. The topological polar surface area (TPSA) is 56.2 Å². The monoisotopic (exact) mass is 289 g/mol. The van der Waals surface area contributed by atoms with Gasteiger partial charge in [-0.15, -0.1) is 0 Å². The van der Waals surface area contributed by atoms with Crippen molar-refractivity contribution >= 4 is 21.7 Å². The van der Waals surface area contributed by atoms with E-state index in [1.54, 1.807) is 12.1 Å². The van der Waals surface area contributed by atoms with Crippen molar-refractivity contribution in [3.8, 4) is 5.75 Å². The normalized spacial score (nSPS) is 12.8. The van der Waals surface area contributed by atoms with Gasteiger partial charge in [0.2, 0.25) is 0 Å². The number of fused-ring (bicyclic) bond motifs is 2. The molecule has 0 spiro atoms. The van der Waals surface area contributed by atoms with Gasteiger partial charge in [-0.1, -0.05) is 36.4 Å². The summed E-state index contributed by atoms with van der Waals surface area (Å²) in [5.41, 5.74) is 2.72. The van der Waals surface area contributed by atoms with Gasteiger partial charge in [0, 0.05) is 22.7 Å². The minimum atomic E-state index is -0.686. The summed E-state index contributed by atoms with van der Waals surface area (Å²) in [4.78, 5) is 3.19. The summed E-state index contributed by atoms with van der Waals surface area (Å²) in [5.74, 6) is 0.248. The summed E-state index contributed by atoms with van der Waals surface area (Å²) >= 11 is 0. The average Bonchev–Trinajstić information content (AvgIpc) is 2.97. The van der Waals surface area contributed by atoms with Crippen LogP contribution in [-0.2, 0) is 0 Å². The number of aliphatic hydroxyl groups is 1. The number of aliphatic hydroxyl groups excluding tert-OH is 1. The molecule has 3 N–H and O–H groups in total. The van der Waals surface area contributed by atoms with Crippen LogP contribution in [0.3, 0.4) is 0 Å². The van der Waals surface area contributed by atoms with Crippen molar-refractivity contribution in [3.05, 3.63) is 78.0 Å². The summed E-state index contributed by atoms with van der Waals surface area (Å²) < 4.78 is 0. The maximum atomic E-state index is 10.7. The number of aromatic nitrogens is 1. The fourth-order valence-electron chi connectivity index (χ4n) is 2.92. The third-order valence-electron chi connectivity index (χ3n) is 4.08. The van der Waals surface area contributed by atoms with Gasteiger partial charge >= 0.3 is 0 Å². The molecular formula is C19H15NO2. The SMILES string of the molecule is Oc1ccc2cc(C(O)c3c[nH]c4ccccc34)ccc2c1. The average molecular weight is 289 g/mol. The van der Waals surface area contributed by atoms with Crippen molar-refractivity contribution in [2.75, 3.05) is 0 Å². The van der Waals surface area contributed by atoms with Crippen molar-refractivity contribution in [3.63, 3.8) is 0 Å². The number of nitrogens with one attached hydrogen (secondary N) is 1. The van der Waals surface area contributed by atoms with Crippen LogP contribution < -0.4 is 0 Å². The molecule has 1 atom stereocenters. The summed E-state index contributed by atoms with van der Waals surface area (Å²) in [7, 11) is 0. The molecule has 3 nitrogen and oxygen atoms in total. The minimum Gasteiger partial charge on any atom is -0.508 e. The molecule has 1 aromatic heterocycles. The minimum absolute atomic E-state index is 0.248. The molecule has 4 rings (SSSR count). The first-order chi connectivity index (χ1) is 10.7. The Hall–Kier alpha value is -2.78. The number of H-pyrrole nitrogens is 1. The molecule has 1 unspecified atom stereocenters. The first-order valence-corrected chi connectivity index (χ1v) is 7.19.